The first-order valence-electron chi connectivity index (χ1n) is 11.3. The predicted molar refractivity (Wildman–Crippen MR) is 129 cm³/mol. The highest BCUT2D eigenvalue weighted by molar-refractivity contribution is 5.71. The third-order valence-electron chi connectivity index (χ3n) is 5.75. The largest absolute Gasteiger partial charge is 0.495 e. The molecule has 2 aromatic rings. The smallest absolute Gasteiger partial charge is 0.410 e. The van der Waals surface area contributed by atoms with Gasteiger partial charge in [0.05, 0.1) is 18.8 Å². The van der Waals surface area contributed by atoms with Crippen molar-refractivity contribution < 1.29 is 24.1 Å². The Morgan fingerprint density at radius 3 is 2.45 bits per heavy atom. The Morgan fingerprint density at radius 1 is 1.21 bits per heavy atom. The van der Waals surface area contributed by atoms with Crippen molar-refractivity contribution in [2.75, 3.05) is 26.0 Å². The molecule has 1 heterocycles. The minimum absolute atomic E-state index is 0.367. The number of rotatable bonds is 6. The van der Waals surface area contributed by atoms with Crippen molar-refractivity contribution in [3.63, 3.8) is 0 Å². The zero-order chi connectivity index (χ0) is 24.4. The molecule has 3 rings (SSSR count). The summed E-state index contributed by atoms with van der Waals surface area (Å²) in [6.07, 6.45) is -0.854. The number of anilines is 1. The van der Waals surface area contributed by atoms with Gasteiger partial charge in [0.25, 0.3) is 0 Å². The van der Waals surface area contributed by atoms with Crippen molar-refractivity contribution in [1.29, 1.82) is 0 Å². The summed E-state index contributed by atoms with van der Waals surface area (Å²) in [5.74, 6) is 1.19. The lowest BCUT2D eigenvalue weighted by Crippen LogP contribution is -2.55. The Morgan fingerprint density at radius 2 is 1.88 bits per heavy atom. The van der Waals surface area contributed by atoms with Gasteiger partial charge in [-0.1, -0.05) is 30.3 Å². The molecular formula is C26H36N2O5. The molecule has 0 saturated heterocycles. The van der Waals surface area contributed by atoms with Gasteiger partial charge in [-0.3, -0.25) is 4.90 Å². The van der Waals surface area contributed by atoms with Gasteiger partial charge >= 0.3 is 6.09 Å². The Kier molecular flexibility index (Phi) is 7.12. The van der Waals surface area contributed by atoms with Crippen LogP contribution in [0.15, 0.2) is 42.5 Å². The van der Waals surface area contributed by atoms with E-state index in [9.17, 15) is 9.90 Å². The molecule has 2 aromatic carbocycles. The number of nitrogens with one attached hydrogen (secondary N) is 1. The molecule has 1 aliphatic rings. The van der Waals surface area contributed by atoms with Gasteiger partial charge in [-0.05, 0) is 52.7 Å². The van der Waals surface area contributed by atoms with E-state index in [4.69, 9.17) is 14.2 Å². The summed E-state index contributed by atoms with van der Waals surface area (Å²) in [5.41, 5.74) is 0.927. The number of nitrogens with zero attached hydrogens (tertiary/aromatic N) is 1. The monoisotopic (exact) mass is 456 g/mol. The number of benzene rings is 2. The molecule has 0 fully saturated rings. The molecule has 180 valence electrons. The summed E-state index contributed by atoms with van der Waals surface area (Å²) in [5, 5.41) is 14.5. The van der Waals surface area contributed by atoms with Crippen LogP contribution in [0.3, 0.4) is 0 Å². The van der Waals surface area contributed by atoms with Crippen molar-refractivity contribution >= 4 is 11.8 Å². The Bertz CT molecular complexity index is 969. The first-order chi connectivity index (χ1) is 15.5. The van der Waals surface area contributed by atoms with Crippen LogP contribution >= 0.6 is 0 Å². The first-order valence-corrected chi connectivity index (χ1v) is 11.3. The molecule has 0 bridgehead atoms. The number of aliphatic hydroxyl groups is 1. The average Bonchev–Trinajstić information content (AvgIpc) is 2.74. The molecule has 2 N–H and O–H groups in total. The SMILES string of the molecule is CNc1cc2c(cc1OC)[C@H](N(CCc1ccccc1)C(=O)OC(C)(C)C)[C@@H](O)C(C)(C)O2. The maximum Gasteiger partial charge on any atom is 0.410 e. The van der Waals surface area contributed by atoms with Crippen LogP contribution in [0.5, 0.6) is 11.5 Å². The van der Waals surface area contributed by atoms with Gasteiger partial charge < -0.3 is 24.6 Å². The molecule has 0 saturated carbocycles. The van der Waals surface area contributed by atoms with E-state index < -0.39 is 29.4 Å². The lowest BCUT2D eigenvalue weighted by Gasteiger charge is -2.46. The number of ether oxygens (including phenoxy) is 3. The van der Waals surface area contributed by atoms with Gasteiger partial charge in [-0.2, -0.15) is 0 Å². The molecule has 1 aliphatic heterocycles. The molecule has 7 heteroatoms. The van der Waals surface area contributed by atoms with E-state index in [1.807, 2.05) is 77.1 Å². The molecular weight excluding hydrogens is 420 g/mol. The molecule has 2 atom stereocenters. The summed E-state index contributed by atoms with van der Waals surface area (Å²) >= 11 is 0. The van der Waals surface area contributed by atoms with Crippen LogP contribution in [0.4, 0.5) is 10.5 Å². The number of aliphatic hydroxyl groups excluding tert-OH is 1. The standard InChI is InChI=1S/C26H36N2O5/c1-25(2,3)33-24(30)28(14-13-17-11-9-8-10-12-17)22-18-15-21(31-7)19(27-6)16-20(18)32-26(4,5)23(22)29/h8-12,15-16,22-23,27,29H,13-14H2,1-7H3/t22-,23+/m0/s1. The van der Waals surface area contributed by atoms with E-state index in [1.165, 1.54) is 0 Å². The number of carbonyl (C=O) groups is 1. The zero-order valence-corrected chi connectivity index (χ0v) is 20.6. The Hall–Kier alpha value is -2.93. The van der Waals surface area contributed by atoms with Crippen molar-refractivity contribution in [1.82, 2.24) is 4.90 Å². The first kappa shape index (κ1) is 24.7. The molecule has 0 aliphatic carbocycles. The van der Waals surface area contributed by atoms with Crippen LogP contribution in [0.25, 0.3) is 0 Å². The zero-order valence-electron chi connectivity index (χ0n) is 20.6. The van der Waals surface area contributed by atoms with Crippen LogP contribution in [0.1, 0.15) is 51.8 Å². The fraction of sp³-hybridized carbons (Fsp3) is 0.500. The average molecular weight is 457 g/mol. The van der Waals surface area contributed by atoms with E-state index in [2.05, 4.69) is 5.32 Å². The summed E-state index contributed by atoms with van der Waals surface area (Å²) in [6, 6.07) is 12.9. The Labute approximate surface area is 196 Å². The lowest BCUT2D eigenvalue weighted by atomic mass is 9.85. The predicted octanol–water partition coefficient (Wildman–Crippen LogP) is 4.79. The van der Waals surface area contributed by atoms with Crippen molar-refractivity contribution in [3.05, 3.63) is 53.6 Å². The van der Waals surface area contributed by atoms with Crippen LogP contribution in [-0.4, -0.2) is 54.1 Å². The topological polar surface area (TPSA) is 80.3 Å². The maximum absolute atomic E-state index is 13.4. The third-order valence-corrected chi connectivity index (χ3v) is 5.75. The number of amides is 1. The maximum atomic E-state index is 13.4. The van der Waals surface area contributed by atoms with E-state index in [-0.39, 0.29) is 0 Å². The van der Waals surface area contributed by atoms with E-state index in [0.717, 1.165) is 11.3 Å². The number of fused-ring (bicyclic) bond motifs is 1. The van der Waals surface area contributed by atoms with Gasteiger partial charge in [0.2, 0.25) is 0 Å². The Balaban J connectivity index is 2.09. The van der Waals surface area contributed by atoms with Crippen molar-refractivity contribution in [2.24, 2.45) is 0 Å². The third kappa shape index (κ3) is 5.53. The van der Waals surface area contributed by atoms with Gasteiger partial charge in [0.1, 0.15) is 28.8 Å². The molecule has 33 heavy (non-hydrogen) atoms. The fourth-order valence-electron chi connectivity index (χ4n) is 4.05. The van der Waals surface area contributed by atoms with Crippen LogP contribution in [-0.2, 0) is 11.2 Å². The molecule has 0 unspecified atom stereocenters. The summed E-state index contributed by atoms with van der Waals surface area (Å²) in [6.45, 7) is 9.51. The quantitative estimate of drug-likeness (QED) is 0.651. The normalized spacial score (nSPS) is 19.2. The minimum atomic E-state index is -0.988. The van der Waals surface area contributed by atoms with Crippen molar-refractivity contribution in [2.45, 2.75) is 64.4 Å². The fourth-order valence-corrected chi connectivity index (χ4v) is 4.05. The molecule has 7 nitrogen and oxygen atoms in total. The second kappa shape index (κ2) is 9.51. The number of carbonyl (C=O) groups excluding carboxylic acids is 1. The van der Waals surface area contributed by atoms with Crippen LogP contribution in [0, 0.1) is 0 Å². The minimum Gasteiger partial charge on any atom is -0.495 e. The highest BCUT2D eigenvalue weighted by Crippen LogP contribution is 2.47. The summed E-state index contributed by atoms with van der Waals surface area (Å²) in [4.78, 5) is 15.0. The van der Waals surface area contributed by atoms with E-state index in [0.29, 0.717) is 30.0 Å². The lowest BCUT2D eigenvalue weighted by molar-refractivity contribution is -0.0938. The molecule has 1 amide bonds. The van der Waals surface area contributed by atoms with Gasteiger partial charge in [-0.15, -0.1) is 0 Å². The number of hydrogen-bond donors (Lipinski definition) is 2. The number of methoxy groups -OCH3 is 1. The van der Waals surface area contributed by atoms with Crippen molar-refractivity contribution in [3.8, 4) is 11.5 Å². The molecule has 0 aromatic heterocycles. The highest BCUT2D eigenvalue weighted by Gasteiger charge is 2.48. The van der Waals surface area contributed by atoms with Crippen LogP contribution in [0.2, 0.25) is 0 Å². The molecule has 0 radical (unpaired) electrons. The second-order valence-electron chi connectivity index (χ2n) is 9.84. The van der Waals surface area contributed by atoms with E-state index in [1.54, 1.807) is 19.1 Å². The number of hydrogen-bond acceptors (Lipinski definition) is 6. The van der Waals surface area contributed by atoms with Gasteiger partial charge in [0, 0.05) is 25.2 Å². The molecule has 0 spiro atoms. The van der Waals surface area contributed by atoms with Gasteiger partial charge in [-0.25, -0.2) is 4.79 Å². The van der Waals surface area contributed by atoms with Gasteiger partial charge in [0.15, 0.2) is 0 Å². The second-order valence-corrected chi connectivity index (χ2v) is 9.84. The van der Waals surface area contributed by atoms with Crippen LogP contribution < -0.4 is 14.8 Å². The summed E-state index contributed by atoms with van der Waals surface area (Å²) in [7, 11) is 3.39. The highest BCUT2D eigenvalue weighted by atomic mass is 16.6. The summed E-state index contributed by atoms with van der Waals surface area (Å²) < 4.78 is 17.5. The van der Waals surface area contributed by atoms with E-state index >= 15 is 0 Å².